The number of amides is 1. The molecule has 0 bridgehead atoms. The van der Waals surface area contributed by atoms with Crippen molar-refractivity contribution in [2.45, 2.75) is 6.61 Å². The third-order valence-electron chi connectivity index (χ3n) is 4.02. The molecule has 0 atom stereocenters. The molecule has 1 heterocycles. The van der Waals surface area contributed by atoms with Crippen molar-refractivity contribution in [1.29, 1.82) is 0 Å². The summed E-state index contributed by atoms with van der Waals surface area (Å²) in [4.78, 5) is 12.2. The Balaban J connectivity index is 1.41. The Kier molecular flexibility index (Phi) is 4.61. The zero-order chi connectivity index (χ0) is 18.6. The van der Waals surface area contributed by atoms with E-state index in [-0.39, 0.29) is 18.3 Å². The molecule has 1 aliphatic heterocycles. The molecule has 0 aliphatic carbocycles. The van der Waals surface area contributed by atoms with Gasteiger partial charge in [0.25, 0.3) is 5.91 Å². The number of carbonyl (C=O) groups is 1. The number of nitrogens with one attached hydrogen (secondary N) is 1. The van der Waals surface area contributed by atoms with Gasteiger partial charge >= 0.3 is 0 Å². The topological polar surface area (TPSA) is 56.8 Å². The highest BCUT2D eigenvalue weighted by molar-refractivity contribution is 6.04. The summed E-state index contributed by atoms with van der Waals surface area (Å²) in [6, 6.07) is 18.2. The van der Waals surface area contributed by atoms with Crippen LogP contribution in [-0.2, 0) is 6.61 Å². The summed E-state index contributed by atoms with van der Waals surface area (Å²) in [5, 5.41) is 2.76. The highest BCUT2D eigenvalue weighted by Gasteiger charge is 2.14. The molecule has 1 amide bonds. The number of anilines is 1. The molecule has 6 heteroatoms. The quantitative estimate of drug-likeness (QED) is 0.729. The lowest BCUT2D eigenvalue weighted by Crippen LogP contribution is -2.12. The summed E-state index contributed by atoms with van der Waals surface area (Å²) in [6.07, 6.45) is 0. The Morgan fingerprint density at radius 1 is 1.00 bits per heavy atom. The van der Waals surface area contributed by atoms with Crippen molar-refractivity contribution in [3.05, 3.63) is 83.7 Å². The van der Waals surface area contributed by atoms with Crippen molar-refractivity contribution < 1.29 is 23.4 Å². The predicted octanol–water partition coefficient (Wildman–Crippen LogP) is 4.39. The molecule has 1 aliphatic rings. The smallest absolute Gasteiger partial charge is 0.255 e. The number of hydrogen-bond donors (Lipinski definition) is 1. The fourth-order valence-corrected chi connectivity index (χ4v) is 2.71. The van der Waals surface area contributed by atoms with Crippen LogP contribution in [0.1, 0.15) is 15.9 Å². The molecule has 0 aromatic heterocycles. The van der Waals surface area contributed by atoms with Gasteiger partial charge in [0.2, 0.25) is 6.79 Å². The fourth-order valence-electron chi connectivity index (χ4n) is 2.71. The first-order chi connectivity index (χ1) is 13.2. The summed E-state index contributed by atoms with van der Waals surface area (Å²) in [7, 11) is 0. The van der Waals surface area contributed by atoms with Crippen molar-refractivity contribution in [3.8, 4) is 17.2 Å². The SMILES string of the molecule is O=C(Nc1cccc(COc2ccc3c(c2)OCO3)c1)c1cccc(F)c1. The van der Waals surface area contributed by atoms with Gasteiger partial charge in [0.1, 0.15) is 18.2 Å². The van der Waals surface area contributed by atoms with Gasteiger partial charge in [-0.1, -0.05) is 18.2 Å². The Labute approximate surface area is 155 Å². The minimum absolute atomic E-state index is 0.214. The zero-order valence-electron chi connectivity index (χ0n) is 14.3. The Morgan fingerprint density at radius 2 is 1.85 bits per heavy atom. The summed E-state index contributed by atoms with van der Waals surface area (Å²) in [6.45, 7) is 0.537. The van der Waals surface area contributed by atoms with Gasteiger partial charge in [-0.15, -0.1) is 0 Å². The first kappa shape index (κ1) is 16.9. The van der Waals surface area contributed by atoms with Gasteiger partial charge in [0, 0.05) is 17.3 Å². The molecule has 3 aromatic carbocycles. The average Bonchev–Trinajstić information content (AvgIpc) is 3.14. The lowest BCUT2D eigenvalue weighted by atomic mass is 10.1. The molecule has 0 saturated carbocycles. The zero-order valence-corrected chi connectivity index (χ0v) is 14.3. The van der Waals surface area contributed by atoms with E-state index in [0.29, 0.717) is 29.5 Å². The number of carbonyl (C=O) groups excluding carboxylic acids is 1. The molecule has 136 valence electrons. The van der Waals surface area contributed by atoms with E-state index < -0.39 is 5.82 Å². The first-order valence-electron chi connectivity index (χ1n) is 8.36. The number of benzene rings is 3. The van der Waals surface area contributed by atoms with Crippen LogP contribution in [0.4, 0.5) is 10.1 Å². The molecule has 27 heavy (non-hydrogen) atoms. The second-order valence-corrected chi connectivity index (χ2v) is 5.97. The van der Waals surface area contributed by atoms with Crippen molar-refractivity contribution in [2.75, 3.05) is 12.1 Å². The first-order valence-corrected chi connectivity index (χ1v) is 8.36. The second-order valence-electron chi connectivity index (χ2n) is 5.97. The monoisotopic (exact) mass is 365 g/mol. The van der Waals surface area contributed by atoms with Crippen molar-refractivity contribution in [1.82, 2.24) is 0 Å². The molecule has 3 aromatic rings. The number of hydrogen-bond acceptors (Lipinski definition) is 4. The third kappa shape index (κ3) is 4.00. The largest absolute Gasteiger partial charge is 0.489 e. The molecule has 0 saturated heterocycles. The molecule has 5 nitrogen and oxygen atoms in total. The van der Waals surface area contributed by atoms with Crippen LogP contribution in [0, 0.1) is 5.82 Å². The number of halogens is 1. The number of ether oxygens (including phenoxy) is 3. The van der Waals surface area contributed by atoms with Gasteiger partial charge in [-0.2, -0.15) is 0 Å². The van der Waals surface area contributed by atoms with Crippen molar-refractivity contribution in [2.24, 2.45) is 0 Å². The summed E-state index contributed by atoms with van der Waals surface area (Å²) in [5.74, 6) is 1.19. The van der Waals surface area contributed by atoms with Crippen LogP contribution in [0.5, 0.6) is 17.2 Å². The standard InChI is InChI=1S/C21H16FNO4/c22-16-5-2-4-15(10-16)21(24)23-17-6-1-3-14(9-17)12-25-18-7-8-19-20(11-18)27-13-26-19/h1-11H,12-13H2,(H,23,24). The van der Waals surface area contributed by atoms with Gasteiger partial charge in [-0.05, 0) is 48.0 Å². The van der Waals surface area contributed by atoms with Gasteiger partial charge in [0.05, 0.1) is 0 Å². The van der Waals surface area contributed by atoms with Crippen molar-refractivity contribution in [3.63, 3.8) is 0 Å². The van der Waals surface area contributed by atoms with Crippen LogP contribution in [0.15, 0.2) is 66.7 Å². The van der Waals surface area contributed by atoms with E-state index in [0.717, 1.165) is 5.56 Å². The Morgan fingerprint density at radius 3 is 2.74 bits per heavy atom. The van der Waals surface area contributed by atoms with Gasteiger partial charge < -0.3 is 19.5 Å². The third-order valence-corrected chi connectivity index (χ3v) is 4.02. The van der Waals surface area contributed by atoms with E-state index in [1.54, 1.807) is 24.3 Å². The molecule has 0 radical (unpaired) electrons. The normalized spacial score (nSPS) is 11.9. The van der Waals surface area contributed by atoms with Crippen LogP contribution in [0.3, 0.4) is 0 Å². The fraction of sp³-hybridized carbons (Fsp3) is 0.0952. The summed E-state index contributed by atoms with van der Waals surface area (Å²) < 4.78 is 29.6. The molecule has 1 N–H and O–H groups in total. The van der Waals surface area contributed by atoms with E-state index >= 15 is 0 Å². The van der Waals surface area contributed by atoms with Gasteiger partial charge in [-0.25, -0.2) is 4.39 Å². The molecule has 0 unspecified atom stereocenters. The molecule has 0 spiro atoms. The molecule has 0 fully saturated rings. The van der Waals surface area contributed by atoms with E-state index in [1.807, 2.05) is 24.3 Å². The van der Waals surface area contributed by atoms with E-state index in [4.69, 9.17) is 14.2 Å². The average molecular weight is 365 g/mol. The molecular weight excluding hydrogens is 349 g/mol. The second kappa shape index (κ2) is 7.37. The predicted molar refractivity (Wildman–Crippen MR) is 97.7 cm³/mol. The molecular formula is C21H16FNO4. The van der Waals surface area contributed by atoms with Crippen LogP contribution in [0.2, 0.25) is 0 Å². The minimum Gasteiger partial charge on any atom is -0.489 e. The lowest BCUT2D eigenvalue weighted by Gasteiger charge is -2.10. The highest BCUT2D eigenvalue weighted by atomic mass is 19.1. The number of fused-ring (bicyclic) bond motifs is 1. The van der Waals surface area contributed by atoms with Crippen LogP contribution < -0.4 is 19.5 Å². The van der Waals surface area contributed by atoms with Crippen molar-refractivity contribution >= 4 is 11.6 Å². The summed E-state index contributed by atoms with van der Waals surface area (Å²) in [5.41, 5.74) is 1.75. The number of rotatable bonds is 5. The Bertz CT molecular complexity index is 989. The van der Waals surface area contributed by atoms with Crippen LogP contribution in [0.25, 0.3) is 0 Å². The van der Waals surface area contributed by atoms with Gasteiger partial charge in [0.15, 0.2) is 11.5 Å². The van der Waals surface area contributed by atoms with Crippen LogP contribution in [-0.4, -0.2) is 12.7 Å². The molecule has 4 rings (SSSR count). The van der Waals surface area contributed by atoms with Gasteiger partial charge in [-0.3, -0.25) is 4.79 Å². The maximum atomic E-state index is 13.3. The van der Waals surface area contributed by atoms with E-state index in [9.17, 15) is 9.18 Å². The van der Waals surface area contributed by atoms with E-state index in [2.05, 4.69) is 5.32 Å². The minimum atomic E-state index is -0.450. The lowest BCUT2D eigenvalue weighted by molar-refractivity contribution is 0.102. The maximum Gasteiger partial charge on any atom is 0.255 e. The maximum absolute atomic E-state index is 13.3. The highest BCUT2D eigenvalue weighted by Crippen LogP contribution is 2.35. The Hall–Kier alpha value is -3.54. The summed E-state index contributed by atoms with van der Waals surface area (Å²) >= 11 is 0. The van der Waals surface area contributed by atoms with E-state index in [1.165, 1.54) is 18.2 Å². The van der Waals surface area contributed by atoms with Crippen LogP contribution >= 0.6 is 0 Å².